The fourth-order valence-electron chi connectivity index (χ4n) is 1.91. The largest absolute Gasteiger partial charge is 0.416 e. The van der Waals surface area contributed by atoms with Gasteiger partial charge in [0.1, 0.15) is 0 Å². The number of aromatic nitrogens is 2. The highest BCUT2D eigenvalue weighted by Crippen LogP contribution is 2.29. The first kappa shape index (κ1) is 15.9. The summed E-state index contributed by atoms with van der Waals surface area (Å²) in [4.78, 5) is -0.486. The van der Waals surface area contributed by atoms with Crippen molar-refractivity contribution < 1.29 is 16.7 Å². The smallest absolute Gasteiger partial charge is 0.332 e. The summed E-state index contributed by atoms with van der Waals surface area (Å²) >= 11 is 11.8. The second-order valence-corrected chi connectivity index (χ2v) is 6.76. The van der Waals surface area contributed by atoms with Crippen molar-refractivity contribution in [2.24, 2.45) is 0 Å². The maximum absolute atomic E-state index is 13.1. The highest BCUT2D eigenvalue weighted by atomic mass is 35.5. The summed E-state index contributed by atoms with van der Waals surface area (Å²) in [7, 11) is -4.81. The van der Waals surface area contributed by atoms with Crippen molar-refractivity contribution >= 4 is 33.4 Å². The summed E-state index contributed by atoms with van der Waals surface area (Å²) in [5.74, 6) is 0.194. The van der Waals surface area contributed by atoms with Crippen LogP contribution < -0.4 is 0 Å². The van der Waals surface area contributed by atoms with Crippen molar-refractivity contribution in [2.75, 3.05) is 0 Å². The fraction of sp³-hybridized carbons (Fsp3) is 0. The lowest BCUT2D eigenvalue weighted by Gasteiger charge is -1.99. The van der Waals surface area contributed by atoms with Crippen molar-refractivity contribution in [3.05, 3.63) is 52.5 Å². The van der Waals surface area contributed by atoms with Crippen LogP contribution in [0.2, 0.25) is 10.0 Å². The normalized spacial score (nSPS) is 11.6. The highest BCUT2D eigenvalue weighted by Gasteiger charge is 2.16. The van der Waals surface area contributed by atoms with Crippen LogP contribution in [0.4, 0.5) is 3.89 Å². The number of hydrogen-bond acceptors (Lipinski definition) is 5. The van der Waals surface area contributed by atoms with Gasteiger partial charge in [-0.15, -0.1) is 14.1 Å². The zero-order valence-corrected chi connectivity index (χ0v) is 13.5. The third-order valence-corrected chi connectivity index (χ3v) is 4.15. The quantitative estimate of drug-likeness (QED) is 0.638. The molecule has 1 heterocycles. The fourth-order valence-corrected chi connectivity index (χ4v) is 2.95. The molecule has 0 unspecified atom stereocenters. The van der Waals surface area contributed by atoms with Crippen molar-refractivity contribution in [3.8, 4) is 22.9 Å². The Bertz CT molecular complexity index is 969. The van der Waals surface area contributed by atoms with E-state index in [1.807, 2.05) is 0 Å². The molecule has 118 valence electrons. The lowest BCUT2D eigenvalue weighted by atomic mass is 10.2. The van der Waals surface area contributed by atoms with Gasteiger partial charge in [-0.1, -0.05) is 29.3 Å². The monoisotopic (exact) mass is 372 g/mol. The van der Waals surface area contributed by atoms with Crippen LogP contribution in [0, 0.1) is 0 Å². The Morgan fingerprint density at radius 2 is 1.52 bits per heavy atom. The van der Waals surface area contributed by atoms with Gasteiger partial charge in [-0.05, 0) is 36.4 Å². The van der Waals surface area contributed by atoms with Crippen LogP contribution in [0.5, 0.6) is 0 Å². The molecule has 2 aromatic carbocycles. The van der Waals surface area contributed by atoms with Crippen LogP contribution >= 0.6 is 23.2 Å². The molecule has 0 bridgehead atoms. The summed E-state index contributed by atoms with van der Waals surface area (Å²) in [5, 5.41) is 8.49. The molecule has 0 N–H and O–H groups in total. The summed E-state index contributed by atoms with van der Waals surface area (Å²) in [6.07, 6.45) is 0. The molecule has 0 aliphatic heterocycles. The van der Waals surface area contributed by atoms with Crippen LogP contribution in [-0.2, 0) is 10.2 Å². The molecule has 0 fully saturated rings. The molecule has 0 atom stereocenters. The van der Waals surface area contributed by atoms with Gasteiger partial charge in [0.05, 0.1) is 4.90 Å². The highest BCUT2D eigenvalue weighted by molar-refractivity contribution is 7.86. The summed E-state index contributed by atoms with van der Waals surface area (Å²) in [5.41, 5.74) is 0.783. The third kappa shape index (κ3) is 3.52. The van der Waals surface area contributed by atoms with Crippen LogP contribution in [0.25, 0.3) is 22.9 Å². The number of benzene rings is 2. The minimum absolute atomic E-state index is 0.0431. The zero-order chi connectivity index (χ0) is 16.6. The zero-order valence-electron chi connectivity index (χ0n) is 11.2. The number of halogens is 3. The Kier molecular flexibility index (Phi) is 4.09. The molecule has 5 nitrogen and oxygen atoms in total. The predicted molar refractivity (Wildman–Crippen MR) is 83.5 cm³/mol. The van der Waals surface area contributed by atoms with E-state index in [-0.39, 0.29) is 17.3 Å². The van der Waals surface area contributed by atoms with Crippen molar-refractivity contribution in [1.29, 1.82) is 0 Å². The Labute approximate surface area is 140 Å². The molecule has 3 rings (SSSR count). The average molecular weight is 373 g/mol. The van der Waals surface area contributed by atoms with E-state index < -0.39 is 15.1 Å². The topological polar surface area (TPSA) is 73.1 Å². The van der Waals surface area contributed by atoms with Gasteiger partial charge in [0.15, 0.2) is 0 Å². The molecule has 0 amide bonds. The first-order chi connectivity index (χ1) is 10.8. The average Bonchev–Trinajstić information content (AvgIpc) is 2.95. The van der Waals surface area contributed by atoms with Gasteiger partial charge < -0.3 is 4.42 Å². The van der Waals surface area contributed by atoms with Gasteiger partial charge in [0, 0.05) is 21.2 Å². The SMILES string of the molecule is O=S(=O)(F)c1cccc(-c2nnc(-c3cc(Cl)cc(Cl)c3)o2)c1. The van der Waals surface area contributed by atoms with Crippen LogP contribution in [-0.4, -0.2) is 18.6 Å². The van der Waals surface area contributed by atoms with Crippen LogP contribution in [0.1, 0.15) is 0 Å². The van der Waals surface area contributed by atoms with Gasteiger partial charge >= 0.3 is 10.2 Å². The molecule has 0 aliphatic rings. The number of hydrogen-bond donors (Lipinski definition) is 0. The minimum atomic E-state index is -4.81. The standard InChI is InChI=1S/C14H7Cl2FN2O3S/c15-10-4-9(5-11(16)7-10)14-19-18-13(22-14)8-2-1-3-12(6-8)23(17,20)21/h1-7H. The van der Waals surface area contributed by atoms with Gasteiger partial charge in [-0.25, -0.2) is 0 Å². The lowest BCUT2D eigenvalue weighted by Crippen LogP contribution is -1.92. The van der Waals surface area contributed by atoms with E-state index in [1.54, 1.807) is 18.2 Å². The molecular formula is C14H7Cl2FN2O3S. The molecule has 0 saturated heterocycles. The summed E-state index contributed by atoms with van der Waals surface area (Å²) < 4.78 is 40.4. The van der Waals surface area contributed by atoms with Crippen LogP contribution in [0.3, 0.4) is 0 Å². The Morgan fingerprint density at radius 3 is 2.13 bits per heavy atom. The molecular weight excluding hydrogens is 366 g/mol. The van der Waals surface area contributed by atoms with Gasteiger partial charge in [-0.3, -0.25) is 0 Å². The first-order valence-corrected chi connectivity index (χ1v) is 8.32. The van der Waals surface area contributed by atoms with E-state index in [9.17, 15) is 12.3 Å². The second kappa shape index (κ2) is 5.92. The van der Waals surface area contributed by atoms with Crippen molar-refractivity contribution in [1.82, 2.24) is 10.2 Å². The maximum Gasteiger partial charge on any atom is 0.332 e. The number of rotatable bonds is 3. The molecule has 23 heavy (non-hydrogen) atoms. The first-order valence-electron chi connectivity index (χ1n) is 6.18. The predicted octanol–water partition coefficient (Wildman–Crippen LogP) is 4.37. The Balaban J connectivity index is 2.02. The van der Waals surface area contributed by atoms with Crippen molar-refractivity contribution in [3.63, 3.8) is 0 Å². The molecule has 9 heteroatoms. The summed E-state index contributed by atoms with van der Waals surface area (Å²) in [6, 6.07) is 9.88. The lowest BCUT2D eigenvalue weighted by molar-refractivity contribution is 0.552. The van der Waals surface area contributed by atoms with E-state index in [4.69, 9.17) is 27.6 Å². The van der Waals surface area contributed by atoms with Crippen LogP contribution in [0.15, 0.2) is 51.8 Å². The van der Waals surface area contributed by atoms with Gasteiger partial charge in [0.25, 0.3) is 0 Å². The van der Waals surface area contributed by atoms with E-state index >= 15 is 0 Å². The maximum atomic E-state index is 13.1. The third-order valence-electron chi connectivity index (χ3n) is 2.90. The van der Waals surface area contributed by atoms with E-state index in [1.165, 1.54) is 12.1 Å². The Hall–Kier alpha value is -1.96. The molecule has 1 aromatic heterocycles. The Morgan fingerprint density at radius 1 is 0.913 bits per heavy atom. The van der Waals surface area contributed by atoms with Gasteiger partial charge in [-0.2, -0.15) is 8.42 Å². The molecule has 3 aromatic rings. The number of nitrogens with zero attached hydrogens (tertiary/aromatic N) is 2. The summed E-state index contributed by atoms with van der Waals surface area (Å²) in [6.45, 7) is 0. The minimum Gasteiger partial charge on any atom is -0.416 e. The molecule has 0 aliphatic carbocycles. The van der Waals surface area contributed by atoms with Crippen molar-refractivity contribution in [2.45, 2.75) is 4.90 Å². The van der Waals surface area contributed by atoms with E-state index in [2.05, 4.69) is 10.2 Å². The molecule has 0 saturated carbocycles. The second-order valence-electron chi connectivity index (χ2n) is 4.54. The molecule has 0 spiro atoms. The van der Waals surface area contributed by atoms with E-state index in [0.717, 1.165) is 12.1 Å². The van der Waals surface area contributed by atoms with E-state index in [0.29, 0.717) is 15.6 Å². The molecule has 0 radical (unpaired) electrons. The van der Waals surface area contributed by atoms with Gasteiger partial charge in [0.2, 0.25) is 11.8 Å².